The molecule has 0 aliphatic heterocycles. The normalized spacial score (nSPS) is 13.5. The van der Waals surface area contributed by atoms with E-state index < -0.39 is 23.3 Å². The smallest absolute Gasteiger partial charge is 0.416 e. The Bertz CT molecular complexity index is 1330. The summed E-state index contributed by atoms with van der Waals surface area (Å²) in [5.41, 5.74) is 0.380. The Kier molecular flexibility index (Phi) is 6.80. The molecule has 182 valence electrons. The zero-order valence-corrected chi connectivity index (χ0v) is 19.9. The fourth-order valence-corrected chi connectivity index (χ4v) is 4.23. The van der Waals surface area contributed by atoms with E-state index in [4.69, 9.17) is 4.74 Å². The number of hydrogen-bond donors (Lipinski definition) is 1. The molecule has 0 aliphatic rings. The maximum Gasteiger partial charge on any atom is 0.416 e. The molecule has 1 N–H and O–H groups in total. The third-order valence-corrected chi connectivity index (χ3v) is 6.81. The number of nitrogens with zero attached hydrogens (tertiary/aromatic N) is 2. The second kappa shape index (κ2) is 9.65. The Morgan fingerprint density at radius 3 is 2.34 bits per heavy atom. The van der Waals surface area contributed by atoms with Crippen LogP contribution in [0.15, 0.2) is 77.8 Å². The van der Waals surface area contributed by atoms with Crippen LogP contribution < -0.4 is 4.74 Å². The van der Waals surface area contributed by atoms with E-state index >= 15 is 0 Å². The molecule has 1 aromatic heterocycles. The second-order valence-corrected chi connectivity index (χ2v) is 9.31. The fraction of sp³-hybridized carbons (Fsp3) is 0.231. The van der Waals surface area contributed by atoms with Crippen LogP contribution in [0.25, 0.3) is 16.6 Å². The van der Waals surface area contributed by atoms with Crippen LogP contribution in [0, 0.1) is 0 Å². The minimum Gasteiger partial charge on any atom is -0.478 e. The molecule has 9 heteroatoms. The summed E-state index contributed by atoms with van der Waals surface area (Å²) in [4.78, 5) is 12.4. The zero-order chi connectivity index (χ0) is 25.2. The van der Waals surface area contributed by atoms with Crippen LogP contribution in [0.3, 0.4) is 0 Å². The first kappa shape index (κ1) is 24.7. The van der Waals surface area contributed by atoms with Crippen molar-refractivity contribution >= 4 is 28.6 Å². The van der Waals surface area contributed by atoms with E-state index in [1.165, 1.54) is 12.1 Å². The van der Waals surface area contributed by atoms with E-state index in [9.17, 15) is 23.1 Å². The van der Waals surface area contributed by atoms with E-state index in [2.05, 4.69) is 5.10 Å². The van der Waals surface area contributed by atoms with Crippen molar-refractivity contribution in [1.82, 2.24) is 9.78 Å². The molecule has 4 aromatic rings. The van der Waals surface area contributed by atoms with Crippen molar-refractivity contribution in [1.29, 1.82) is 0 Å². The van der Waals surface area contributed by atoms with Gasteiger partial charge in [0.05, 0.1) is 16.8 Å². The summed E-state index contributed by atoms with van der Waals surface area (Å²) in [5, 5.41) is 14.8. The first-order valence-electron chi connectivity index (χ1n) is 10.9. The highest BCUT2D eigenvalue weighted by molar-refractivity contribution is 7.98. The number of halogens is 3. The van der Waals surface area contributed by atoms with Gasteiger partial charge in [-0.1, -0.05) is 19.1 Å². The molecule has 35 heavy (non-hydrogen) atoms. The minimum atomic E-state index is -4.37. The fourth-order valence-electron chi connectivity index (χ4n) is 3.38. The van der Waals surface area contributed by atoms with Crippen LogP contribution in [0.2, 0.25) is 0 Å². The number of hydrogen-bond acceptors (Lipinski definition) is 4. The first-order chi connectivity index (χ1) is 16.6. The van der Waals surface area contributed by atoms with Gasteiger partial charge in [-0.3, -0.25) is 0 Å². The molecule has 0 radical (unpaired) electrons. The average molecular weight is 501 g/mol. The van der Waals surface area contributed by atoms with E-state index in [-0.39, 0.29) is 0 Å². The van der Waals surface area contributed by atoms with Crippen molar-refractivity contribution in [3.05, 3.63) is 84.1 Å². The van der Waals surface area contributed by atoms with E-state index in [0.717, 1.165) is 33.5 Å². The van der Waals surface area contributed by atoms with Gasteiger partial charge in [-0.25, -0.2) is 9.48 Å². The molecular weight excluding hydrogens is 477 g/mol. The molecule has 4 rings (SSSR count). The van der Waals surface area contributed by atoms with Crippen molar-refractivity contribution in [3.63, 3.8) is 0 Å². The van der Waals surface area contributed by atoms with Crippen molar-refractivity contribution < 1.29 is 27.8 Å². The maximum absolute atomic E-state index is 12.8. The molecule has 0 amide bonds. The summed E-state index contributed by atoms with van der Waals surface area (Å²) < 4.78 is 45.7. The molecule has 0 fully saturated rings. The molecule has 0 saturated carbocycles. The standard InChI is InChI=1S/C26H23F3N2O3S/c1-3-25(2,24(32)33)34-21-10-12-22(13-11-21)35-16-17-4-5-18-15-31(30-23(18)14-17)20-8-6-19(7-9-20)26(27,28)29/h4-15H,3,16H2,1-2H3,(H,32,33). The van der Waals surface area contributed by atoms with Gasteiger partial charge in [0.1, 0.15) is 5.75 Å². The summed E-state index contributed by atoms with van der Waals surface area (Å²) in [6.45, 7) is 3.31. The maximum atomic E-state index is 12.8. The number of carboxylic acid groups (broad SMARTS) is 1. The number of alkyl halides is 3. The summed E-state index contributed by atoms with van der Waals surface area (Å²) in [6.07, 6.45) is -2.24. The highest BCUT2D eigenvalue weighted by Crippen LogP contribution is 2.31. The van der Waals surface area contributed by atoms with Crippen molar-refractivity contribution in [2.24, 2.45) is 0 Å². The van der Waals surface area contributed by atoms with Gasteiger partial charge in [0.25, 0.3) is 0 Å². The number of aromatic nitrogens is 2. The number of rotatable bonds is 8. The third-order valence-electron chi connectivity index (χ3n) is 5.73. The summed E-state index contributed by atoms with van der Waals surface area (Å²) in [5.74, 6) is 0.177. The van der Waals surface area contributed by atoms with Gasteiger partial charge in [0, 0.05) is 22.2 Å². The summed E-state index contributed by atoms with van der Waals surface area (Å²) >= 11 is 1.61. The van der Waals surface area contributed by atoms with E-state index in [1.807, 2.05) is 30.3 Å². The van der Waals surface area contributed by atoms with Gasteiger partial charge in [-0.05, 0) is 73.5 Å². The monoisotopic (exact) mass is 500 g/mol. The van der Waals surface area contributed by atoms with Crippen LogP contribution in [0.4, 0.5) is 13.2 Å². The quantitative estimate of drug-likeness (QED) is 0.265. The number of carboxylic acids is 1. The lowest BCUT2D eigenvalue weighted by Gasteiger charge is -2.24. The lowest BCUT2D eigenvalue weighted by molar-refractivity contribution is -0.154. The Morgan fingerprint density at radius 1 is 1.06 bits per heavy atom. The van der Waals surface area contributed by atoms with Crippen LogP contribution >= 0.6 is 11.8 Å². The highest BCUT2D eigenvalue weighted by Gasteiger charge is 2.33. The lowest BCUT2D eigenvalue weighted by atomic mass is 10.0. The summed E-state index contributed by atoms with van der Waals surface area (Å²) in [6, 6.07) is 18.1. The SMILES string of the molecule is CCC(C)(Oc1ccc(SCc2ccc3cn(-c4ccc(C(F)(F)F)cc4)nc3c2)cc1)C(=O)O. The van der Waals surface area contributed by atoms with Gasteiger partial charge >= 0.3 is 12.1 Å². The van der Waals surface area contributed by atoms with Crippen molar-refractivity contribution in [2.75, 3.05) is 0 Å². The predicted octanol–water partition coefficient (Wildman–Crippen LogP) is 6.97. The largest absolute Gasteiger partial charge is 0.478 e. The van der Waals surface area contributed by atoms with Crippen LogP contribution in [0.5, 0.6) is 5.75 Å². The van der Waals surface area contributed by atoms with E-state index in [0.29, 0.717) is 23.6 Å². The lowest BCUT2D eigenvalue weighted by Crippen LogP contribution is -2.40. The van der Waals surface area contributed by atoms with Gasteiger partial charge in [0.2, 0.25) is 5.60 Å². The Balaban J connectivity index is 1.43. The molecule has 5 nitrogen and oxygen atoms in total. The molecule has 0 spiro atoms. The van der Waals surface area contributed by atoms with E-state index in [1.54, 1.807) is 48.6 Å². The minimum absolute atomic E-state index is 0.343. The first-order valence-corrected chi connectivity index (χ1v) is 11.9. The molecule has 1 heterocycles. The zero-order valence-electron chi connectivity index (χ0n) is 19.0. The number of thioether (sulfide) groups is 1. The average Bonchev–Trinajstić information content (AvgIpc) is 3.26. The van der Waals surface area contributed by atoms with Gasteiger partial charge in [0.15, 0.2) is 0 Å². The number of benzene rings is 3. The third kappa shape index (κ3) is 5.62. The summed E-state index contributed by atoms with van der Waals surface area (Å²) in [7, 11) is 0. The Morgan fingerprint density at radius 2 is 1.74 bits per heavy atom. The number of fused-ring (bicyclic) bond motifs is 1. The molecular formula is C26H23F3N2O3S. The molecule has 0 aliphatic carbocycles. The second-order valence-electron chi connectivity index (χ2n) is 8.26. The van der Waals surface area contributed by atoms with Gasteiger partial charge in [-0.2, -0.15) is 18.3 Å². The topological polar surface area (TPSA) is 64.4 Å². The van der Waals surface area contributed by atoms with Crippen molar-refractivity contribution in [2.45, 2.75) is 42.7 Å². The molecule has 1 atom stereocenters. The number of carbonyl (C=O) groups is 1. The van der Waals surface area contributed by atoms with Gasteiger partial charge < -0.3 is 9.84 Å². The Labute approximate surface area is 204 Å². The molecule has 1 unspecified atom stereocenters. The highest BCUT2D eigenvalue weighted by atomic mass is 32.2. The predicted molar refractivity (Wildman–Crippen MR) is 129 cm³/mol. The van der Waals surface area contributed by atoms with Gasteiger partial charge in [-0.15, -0.1) is 11.8 Å². The van der Waals surface area contributed by atoms with Crippen molar-refractivity contribution in [3.8, 4) is 11.4 Å². The number of aliphatic carboxylic acids is 1. The van der Waals surface area contributed by atoms with Crippen LogP contribution in [-0.4, -0.2) is 26.5 Å². The molecule has 3 aromatic carbocycles. The van der Waals surface area contributed by atoms with Crippen LogP contribution in [-0.2, 0) is 16.7 Å². The molecule has 0 bridgehead atoms. The number of ether oxygens (including phenoxy) is 1. The Hall–Kier alpha value is -3.46. The van der Waals surface area contributed by atoms with Crippen LogP contribution in [0.1, 0.15) is 31.4 Å². The molecule has 0 saturated heterocycles.